The average molecular weight is 244 g/mol. The number of hydrogen-bond acceptors (Lipinski definition) is 2. The molecule has 0 aromatic carbocycles. The van der Waals surface area contributed by atoms with Crippen molar-refractivity contribution < 1.29 is 4.79 Å². The molecule has 18 heavy (non-hydrogen) atoms. The van der Waals surface area contributed by atoms with Gasteiger partial charge in [-0.1, -0.05) is 0 Å². The Morgan fingerprint density at radius 3 is 2.94 bits per heavy atom. The van der Waals surface area contributed by atoms with Crippen LogP contribution in [0.1, 0.15) is 24.3 Å². The number of nitrogens with two attached hydrogens (primary N) is 1. The highest BCUT2D eigenvalue weighted by molar-refractivity contribution is 5.79. The third kappa shape index (κ3) is 1.81. The quantitative estimate of drug-likeness (QED) is 0.803. The number of primary amides is 1. The van der Waals surface area contributed by atoms with E-state index in [-0.39, 0.29) is 6.03 Å². The van der Waals surface area contributed by atoms with Gasteiger partial charge in [-0.05, 0) is 36.5 Å². The Kier molecular flexibility index (Phi) is 2.66. The molecule has 3 N–H and O–H groups in total. The number of carbonyl (C=O) groups is 1. The summed E-state index contributed by atoms with van der Waals surface area (Å²) in [4.78, 5) is 20.5. The molecule has 0 saturated carbocycles. The number of aromatic amines is 1. The molecule has 5 nitrogen and oxygen atoms in total. The second kappa shape index (κ2) is 4.33. The lowest BCUT2D eigenvalue weighted by molar-refractivity contribution is 0.191. The molecule has 0 radical (unpaired) electrons. The van der Waals surface area contributed by atoms with E-state index in [0.717, 1.165) is 37.0 Å². The highest BCUT2D eigenvalue weighted by atomic mass is 16.2. The lowest BCUT2D eigenvalue weighted by atomic mass is 9.90. The molecule has 0 atom stereocenters. The third-order valence-corrected chi connectivity index (χ3v) is 3.71. The van der Waals surface area contributed by atoms with E-state index in [1.165, 1.54) is 5.56 Å². The first-order valence-corrected chi connectivity index (χ1v) is 6.22. The summed E-state index contributed by atoms with van der Waals surface area (Å²) in [5.74, 6) is 0.462. The minimum absolute atomic E-state index is 0.314. The van der Waals surface area contributed by atoms with Crippen LogP contribution in [0.4, 0.5) is 4.79 Å². The fraction of sp³-hybridized carbons (Fsp3) is 0.385. The van der Waals surface area contributed by atoms with Gasteiger partial charge in [0, 0.05) is 25.5 Å². The monoisotopic (exact) mass is 244 g/mol. The molecule has 1 fully saturated rings. The number of likely N-dealkylation sites (tertiary alicyclic amines) is 1. The van der Waals surface area contributed by atoms with E-state index in [0.29, 0.717) is 5.92 Å². The number of fused-ring (bicyclic) bond motifs is 1. The molecular formula is C13H16N4O. The third-order valence-electron chi connectivity index (χ3n) is 3.71. The summed E-state index contributed by atoms with van der Waals surface area (Å²) in [7, 11) is 0. The van der Waals surface area contributed by atoms with Gasteiger partial charge in [0.15, 0.2) is 0 Å². The molecular weight excluding hydrogens is 228 g/mol. The molecule has 5 heteroatoms. The maximum absolute atomic E-state index is 11.1. The van der Waals surface area contributed by atoms with Gasteiger partial charge in [-0.3, -0.25) is 4.98 Å². The summed E-state index contributed by atoms with van der Waals surface area (Å²) in [6.45, 7) is 1.47. The average Bonchev–Trinajstić information content (AvgIpc) is 2.82. The first-order valence-electron chi connectivity index (χ1n) is 6.22. The zero-order valence-electron chi connectivity index (χ0n) is 10.1. The standard InChI is InChI=1S/C13H16N4O/c14-13(18)17-6-3-9(4-7-17)10-8-16-11-2-1-5-15-12(10)11/h1-2,5,8-9,16H,3-4,6-7H2,(H2,14,18). The zero-order valence-corrected chi connectivity index (χ0v) is 10.1. The van der Waals surface area contributed by atoms with Crippen LogP contribution in [0, 0.1) is 0 Å². The van der Waals surface area contributed by atoms with Crippen LogP contribution < -0.4 is 5.73 Å². The predicted molar refractivity (Wildman–Crippen MR) is 69.2 cm³/mol. The minimum Gasteiger partial charge on any atom is -0.360 e. The van der Waals surface area contributed by atoms with Crippen LogP contribution in [0.5, 0.6) is 0 Å². The van der Waals surface area contributed by atoms with Crippen LogP contribution in [-0.4, -0.2) is 34.0 Å². The number of nitrogens with zero attached hydrogens (tertiary/aromatic N) is 2. The summed E-state index contributed by atoms with van der Waals surface area (Å²) >= 11 is 0. The van der Waals surface area contributed by atoms with Crippen molar-refractivity contribution in [3.05, 3.63) is 30.1 Å². The lowest BCUT2D eigenvalue weighted by Crippen LogP contribution is -2.41. The van der Waals surface area contributed by atoms with Crippen molar-refractivity contribution in [1.29, 1.82) is 0 Å². The van der Waals surface area contributed by atoms with Crippen LogP contribution in [0.3, 0.4) is 0 Å². The van der Waals surface area contributed by atoms with E-state index in [4.69, 9.17) is 5.73 Å². The molecule has 1 saturated heterocycles. The van der Waals surface area contributed by atoms with Crippen molar-refractivity contribution in [2.24, 2.45) is 5.73 Å². The van der Waals surface area contributed by atoms with Crippen molar-refractivity contribution >= 4 is 17.1 Å². The van der Waals surface area contributed by atoms with E-state index < -0.39 is 0 Å². The van der Waals surface area contributed by atoms with E-state index >= 15 is 0 Å². The highest BCUT2D eigenvalue weighted by Crippen LogP contribution is 2.31. The van der Waals surface area contributed by atoms with Gasteiger partial charge in [0.1, 0.15) is 0 Å². The molecule has 2 amide bonds. The normalized spacial score (nSPS) is 17.2. The predicted octanol–water partition coefficient (Wildman–Crippen LogP) is 1.82. The van der Waals surface area contributed by atoms with E-state index in [9.17, 15) is 4.79 Å². The van der Waals surface area contributed by atoms with E-state index in [1.807, 2.05) is 24.5 Å². The Morgan fingerprint density at radius 1 is 1.44 bits per heavy atom. The van der Waals surface area contributed by atoms with Crippen LogP contribution in [0.2, 0.25) is 0 Å². The molecule has 1 aliphatic heterocycles. The first kappa shape index (κ1) is 11.1. The second-order valence-electron chi connectivity index (χ2n) is 4.74. The highest BCUT2D eigenvalue weighted by Gasteiger charge is 2.24. The number of pyridine rings is 1. The van der Waals surface area contributed by atoms with Crippen LogP contribution in [0.15, 0.2) is 24.5 Å². The number of aromatic nitrogens is 2. The first-order chi connectivity index (χ1) is 8.75. The Labute approximate surface area is 105 Å². The smallest absolute Gasteiger partial charge is 0.314 e. The molecule has 0 bridgehead atoms. The Balaban J connectivity index is 1.82. The topological polar surface area (TPSA) is 75.0 Å². The SMILES string of the molecule is NC(=O)N1CCC(c2c[nH]c3cccnc23)CC1. The lowest BCUT2D eigenvalue weighted by Gasteiger charge is -2.30. The summed E-state index contributed by atoms with van der Waals surface area (Å²) in [6.07, 6.45) is 5.76. The van der Waals surface area contributed by atoms with Gasteiger partial charge >= 0.3 is 6.03 Å². The van der Waals surface area contributed by atoms with E-state index in [1.54, 1.807) is 4.90 Å². The number of amides is 2. The number of H-pyrrole nitrogens is 1. The van der Waals surface area contributed by atoms with Crippen molar-refractivity contribution in [1.82, 2.24) is 14.9 Å². The molecule has 0 spiro atoms. The Hall–Kier alpha value is -2.04. The molecule has 94 valence electrons. The van der Waals surface area contributed by atoms with Crippen LogP contribution in [0.25, 0.3) is 11.0 Å². The van der Waals surface area contributed by atoms with Crippen molar-refractivity contribution in [3.63, 3.8) is 0 Å². The summed E-state index contributed by atoms with van der Waals surface area (Å²) in [5, 5.41) is 0. The molecule has 2 aromatic heterocycles. The number of piperidine rings is 1. The van der Waals surface area contributed by atoms with Crippen molar-refractivity contribution in [2.75, 3.05) is 13.1 Å². The summed E-state index contributed by atoms with van der Waals surface area (Å²) in [6, 6.07) is 3.65. The van der Waals surface area contributed by atoms with Crippen molar-refractivity contribution in [2.45, 2.75) is 18.8 Å². The van der Waals surface area contributed by atoms with Crippen LogP contribution in [-0.2, 0) is 0 Å². The molecule has 1 aliphatic rings. The Bertz CT molecular complexity index is 569. The fourth-order valence-electron chi connectivity index (χ4n) is 2.70. The van der Waals surface area contributed by atoms with Gasteiger partial charge in [-0.25, -0.2) is 4.79 Å². The van der Waals surface area contributed by atoms with Gasteiger partial charge in [0.25, 0.3) is 0 Å². The zero-order chi connectivity index (χ0) is 12.5. The van der Waals surface area contributed by atoms with Gasteiger partial charge in [-0.15, -0.1) is 0 Å². The number of nitrogens with one attached hydrogen (secondary N) is 1. The van der Waals surface area contributed by atoms with E-state index in [2.05, 4.69) is 9.97 Å². The number of carbonyl (C=O) groups excluding carboxylic acids is 1. The van der Waals surface area contributed by atoms with Gasteiger partial charge in [0.2, 0.25) is 0 Å². The largest absolute Gasteiger partial charge is 0.360 e. The molecule has 3 heterocycles. The van der Waals surface area contributed by atoms with Gasteiger partial charge in [-0.2, -0.15) is 0 Å². The molecule has 2 aromatic rings. The summed E-state index contributed by atoms with van der Waals surface area (Å²) < 4.78 is 0. The number of rotatable bonds is 1. The maximum atomic E-state index is 11.1. The minimum atomic E-state index is -0.314. The van der Waals surface area contributed by atoms with Crippen LogP contribution >= 0.6 is 0 Å². The van der Waals surface area contributed by atoms with Gasteiger partial charge in [0.05, 0.1) is 11.0 Å². The maximum Gasteiger partial charge on any atom is 0.314 e. The second-order valence-corrected chi connectivity index (χ2v) is 4.74. The summed E-state index contributed by atoms with van der Waals surface area (Å²) in [5.41, 5.74) is 8.67. The number of hydrogen-bond donors (Lipinski definition) is 2. The van der Waals surface area contributed by atoms with Crippen molar-refractivity contribution in [3.8, 4) is 0 Å². The molecule has 0 unspecified atom stereocenters. The Morgan fingerprint density at radius 2 is 2.22 bits per heavy atom. The fourth-order valence-corrected chi connectivity index (χ4v) is 2.70. The number of urea groups is 1. The molecule has 0 aliphatic carbocycles. The van der Waals surface area contributed by atoms with Gasteiger partial charge < -0.3 is 15.6 Å². The molecule has 3 rings (SSSR count).